The second-order valence-electron chi connectivity index (χ2n) is 9.66. The number of nitrogens with one attached hydrogen (secondary N) is 3. The van der Waals surface area contributed by atoms with Crippen LogP contribution in [-0.2, 0) is 19.6 Å². The molecular formula is C28H22FN7O8. The second-order valence-corrected chi connectivity index (χ2v) is 9.66. The van der Waals surface area contributed by atoms with Crippen LogP contribution in [-0.4, -0.2) is 37.4 Å². The number of carbonyl (C=O) groups is 3. The highest BCUT2D eigenvalue weighted by molar-refractivity contribution is 5.98. The van der Waals surface area contributed by atoms with E-state index in [4.69, 9.17) is 5.73 Å². The van der Waals surface area contributed by atoms with Crippen molar-refractivity contribution in [3.63, 3.8) is 0 Å². The normalized spacial score (nSPS) is 11.0. The summed E-state index contributed by atoms with van der Waals surface area (Å²) in [5, 5.41) is 20.5. The average Bonchev–Trinajstić information content (AvgIpc) is 3.39. The molecule has 5 aromatic rings. The van der Waals surface area contributed by atoms with E-state index in [0.717, 1.165) is 16.5 Å². The number of aromatic nitrogens is 3. The highest BCUT2D eigenvalue weighted by atomic mass is 19.1. The molecule has 0 radical (unpaired) electrons. The van der Waals surface area contributed by atoms with Crippen LogP contribution >= 0.6 is 0 Å². The van der Waals surface area contributed by atoms with E-state index in [2.05, 4.69) is 30.6 Å². The van der Waals surface area contributed by atoms with Gasteiger partial charge < -0.3 is 26.8 Å². The van der Waals surface area contributed by atoms with Gasteiger partial charge in [0.15, 0.2) is 0 Å². The Balaban J connectivity index is 1.30. The third-order valence-corrected chi connectivity index (χ3v) is 6.73. The molecule has 0 aliphatic carbocycles. The van der Waals surface area contributed by atoms with E-state index in [-0.39, 0.29) is 59.3 Å². The zero-order valence-electron chi connectivity index (χ0n) is 22.8. The quantitative estimate of drug-likeness (QED) is 0.137. The SMILES string of the molecule is Cc1cc(CNC(=O)c2cc(C(=O)NCc3ccc(F)c(CNc4c(N)c(=O)c4=O)c3)n3c(=O)onc3n2)ccc1C(=O)O. The van der Waals surface area contributed by atoms with Crippen LogP contribution in [0.25, 0.3) is 5.78 Å². The number of aryl methyl sites for hydroxylation is 1. The molecule has 0 fully saturated rings. The van der Waals surface area contributed by atoms with Crippen LogP contribution in [0.5, 0.6) is 0 Å². The molecule has 0 atom stereocenters. The van der Waals surface area contributed by atoms with Gasteiger partial charge in [0.25, 0.3) is 28.4 Å². The number of nitrogens with two attached hydrogens (primary N) is 1. The van der Waals surface area contributed by atoms with E-state index in [9.17, 15) is 38.3 Å². The van der Waals surface area contributed by atoms with Gasteiger partial charge in [0.2, 0.25) is 0 Å². The van der Waals surface area contributed by atoms with Gasteiger partial charge in [0, 0.05) is 25.2 Å². The molecule has 0 bridgehead atoms. The molecule has 5 rings (SSSR count). The van der Waals surface area contributed by atoms with E-state index >= 15 is 0 Å². The van der Waals surface area contributed by atoms with Crippen molar-refractivity contribution in [3.8, 4) is 0 Å². The summed E-state index contributed by atoms with van der Waals surface area (Å²) in [6.45, 7) is 1.34. The molecule has 0 aliphatic heterocycles. The fourth-order valence-electron chi connectivity index (χ4n) is 4.40. The number of aromatic carboxylic acids is 1. The van der Waals surface area contributed by atoms with Gasteiger partial charge in [-0.05, 0) is 53.0 Å². The molecule has 0 saturated heterocycles. The Labute approximate surface area is 244 Å². The van der Waals surface area contributed by atoms with E-state index in [1.165, 1.54) is 18.2 Å². The number of hydrogen-bond acceptors (Lipinski definition) is 11. The molecule has 0 saturated carbocycles. The lowest BCUT2D eigenvalue weighted by Gasteiger charge is -2.12. The first-order valence-electron chi connectivity index (χ1n) is 12.8. The predicted molar refractivity (Wildman–Crippen MR) is 151 cm³/mol. The van der Waals surface area contributed by atoms with Crippen molar-refractivity contribution in [2.45, 2.75) is 26.6 Å². The van der Waals surface area contributed by atoms with Crippen molar-refractivity contribution < 1.29 is 28.4 Å². The molecule has 2 aromatic heterocycles. The largest absolute Gasteiger partial charge is 0.478 e. The van der Waals surface area contributed by atoms with Gasteiger partial charge >= 0.3 is 11.7 Å². The number of carboxylic acid groups (broad SMARTS) is 1. The first kappa shape index (κ1) is 29.3. The van der Waals surface area contributed by atoms with Crippen molar-refractivity contribution in [2.75, 3.05) is 11.1 Å². The molecule has 0 aliphatic rings. The third-order valence-electron chi connectivity index (χ3n) is 6.73. The second kappa shape index (κ2) is 11.6. The number of nitrogens with zero attached hydrogens (tertiary/aromatic N) is 3. The van der Waals surface area contributed by atoms with Gasteiger partial charge in [-0.2, -0.15) is 0 Å². The summed E-state index contributed by atoms with van der Waals surface area (Å²) in [5.74, 6) is -4.58. The maximum Gasteiger partial charge on any atom is 0.448 e. The number of hydrogen-bond donors (Lipinski definition) is 5. The Kier molecular flexibility index (Phi) is 7.72. The van der Waals surface area contributed by atoms with Gasteiger partial charge in [-0.3, -0.25) is 23.7 Å². The summed E-state index contributed by atoms with van der Waals surface area (Å²) < 4.78 is 19.8. The van der Waals surface area contributed by atoms with Crippen molar-refractivity contribution in [2.24, 2.45) is 0 Å². The van der Waals surface area contributed by atoms with Crippen LogP contribution in [0.2, 0.25) is 0 Å². The van der Waals surface area contributed by atoms with Crippen molar-refractivity contribution in [1.29, 1.82) is 0 Å². The smallest absolute Gasteiger partial charge is 0.448 e. The van der Waals surface area contributed by atoms with E-state index in [0.29, 0.717) is 16.7 Å². The Bertz CT molecular complexity index is 2110. The van der Waals surface area contributed by atoms with Gasteiger partial charge in [-0.1, -0.05) is 18.2 Å². The van der Waals surface area contributed by atoms with Crippen LogP contribution in [0.15, 0.2) is 61.4 Å². The molecule has 224 valence electrons. The van der Waals surface area contributed by atoms with E-state index in [1.807, 2.05) is 0 Å². The summed E-state index contributed by atoms with van der Waals surface area (Å²) in [6, 6.07) is 9.61. The minimum atomic E-state index is -1.08. The molecule has 2 amide bonds. The summed E-state index contributed by atoms with van der Waals surface area (Å²) in [7, 11) is 0. The molecule has 2 heterocycles. The number of anilines is 2. The van der Waals surface area contributed by atoms with Crippen LogP contribution in [0.3, 0.4) is 0 Å². The van der Waals surface area contributed by atoms with Crippen LogP contribution in [0.4, 0.5) is 15.8 Å². The lowest BCUT2D eigenvalue weighted by molar-refractivity contribution is 0.0695. The van der Waals surface area contributed by atoms with Gasteiger partial charge in [-0.25, -0.2) is 23.4 Å². The first-order valence-corrected chi connectivity index (χ1v) is 12.8. The third kappa shape index (κ3) is 5.63. The van der Waals surface area contributed by atoms with Gasteiger partial charge in [0.1, 0.15) is 28.6 Å². The highest BCUT2D eigenvalue weighted by Gasteiger charge is 2.21. The van der Waals surface area contributed by atoms with Gasteiger partial charge in [-0.15, -0.1) is 0 Å². The highest BCUT2D eigenvalue weighted by Crippen LogP contribution is 2.16. The number of fused-ring (bicyclic) bond motifs is 1. The van der Waals surface area contributed by atoms with E-state index < -0.39 is 40.2 Å². The number of carbonyl (C=O) groups excluding carboxylic acids is 2. The summed E-state index contributed by atoms with van der Waals surface area (Å²) in [4.78, 5) is 76.4. The molecule has 3 aromatic carbocycles. The van der Waals surface area contributed by atoms with Crippen LogP contribution in [0.1, 0.15) is 53.6 Å². The molecule has 0 unspecified atom stereocenters. The monoisotopic (exact) mass is 603 g/mol. The molecule has 16 heteroatoms. The number of nitrogen functional groups attached to an aromatic ring is 1. The number of amides is 2. The Hall–Kier alpha value is -6.19. The van der Waals surface area contributed by atoms with Gasteiger partial charge in [0.05, 0.1) is 5.56 Å². The minimum Gasteiger partial charge on any atom is -0.478 e. The van der Waals surface area contributed by atoms with Crippen molar-refractivity contribution in [1.82, 2.24) is 25.2 Å². The van der Waals surface area contributed by atoms with E-state index in [1.54, 1.807) is 19.1 Å². The van der Waals surface area contributed by atoms with Crippen LogP contribution in [0, 0.1) is 12.7 Å². The fourth-order valence-corrected chi connectivity index (χ4v) is 4.40. The number of carboxylic acids is 1. The minimum absolute atomic E-state index is 0.00961. The number of benzene rings is 2. The maximum atomic E-state index is 14.4. The number of rotatable bonds is 10. The molecule has 6 N–H and O–H groups in total. The lowest BCUT2D eigenvalue weighted by atomic mass is 10.1. The zero-order valence-corrected chi connectivity index (χ0v) is 22.8. The summed E-state index contributed by atoms with van der Waals surface area (Å²) in [5.41, 5.74) is 4.78. The lowest BCUT2D eigenvalue weighted by Crippen LogP contribution is -2.37. The zero-order chi connectivity index (χ0) is 31.7. The first-order chi connectivity index (χ1) is 20.9. The Morgan fingerprint density at radius 3 is 2.32 bits per heavy atom. The molecular weight excluding hydrogens is 581 g/mol. The average molecular weight is 604 g/mol. The Morgan fingerprint density at radius 2 is 1.64 bits per heavy atom. The number of halogens is 1. The summed E-state index contributed by atoms with van der Waals surface area (Å²) >= 11 is 0. The molecule has 0 spiro atoms. The predicted octanol–water partition coefficient (Wildman–Crippen LogP) is 0.479. The Morgan fingerprint density at radius 1 is 0.955 bits per heavy atom. The maximum absolute atomic E-state index is 14.4. The van der Waals surface area contributed by atoms with Crippen molar-refractivity contribution >= 4 is 34.9 Å². The molecule has 44 heavy (non-hydrogen) atoms. The van der Waals surface area contributed by atoms with Crippen LogP contribution < -0.4 is 38.3 Å². The summed E-state index contributed by atoms with van der Waals surface area (Å²) in [6.07, 6.45) is 0. The fraction of sp³-hybridized carbons (Fsp3) is 0.143. The van der Waals surface area contributed by atoms with Crippen molar-refractivity contribution in [3.05, 3.63) is 118 Å². The standard InChI is InChI=1S/C28H22FN7O8/c1-12-6-13(2-4-16(12)26(41)42)9-32-24(39)18-8-19(36-27(34-18)35-44-28(36)43)25(40)33-10-14-3-5-17(29)15(7-14)11-31-21-20(30)22(37)23(21)38/h2-8,31H,9-11,30H2,1H3,(H,32,39)(H,33,40)(H,41,42). The molecule has 15 nitrogen and oxygen atoms in total. The topological polar surface area (TPSA) is 228 Å².